The first kappa shape index (κ1) is 15.2. The first-order chi connectivity index (χ1) is 10.3. The molecule has 3 rings (SSSR count). The average Bonchev–Trinajstić information content (AvgIpc) is 3.32. The van der Waals surface area contributed by atoms with Crippen molar-refractivity contribution in [3.63, 3.8) is 0 Å². The zero-order chi connectivity index (χ0) is 14.7. The van der Waals surface area contributed by atoms with Gasteiger partial charge >= 0.3 is 0 Å². The van der Waals surface area contributed by atoms with Gasteiger partial charge in [0.2, 0.25) is 0 Å². The van der Waals surface area contributed by atoms with Gasteiger partial charge in [0.05, 0.1) is 13.7 Å². The lowest BCUT2D eigenvalue weighted by atomic mass is 9.97. The highest BCUT2D eigenvalue weighted by molar-refractivity contribution is 9.10. The van der Waals surface area contributed by atoms with Gasteiger partial charge in [0, 0.05) is 10.5 Å². The molecule has 0 bridgehead atoms. The molecule has 1 aromatic carbocycles. The van der Waals surface area contributed by atoms with Crippen LogP contribution in [0.5, 0.6) is 11.5 Å². The van der Waals surface area contributed by atoms with E-state index in [-0.39, 0.29) is 0 Å². The van der Waals surface area contributed by atoms with Gasteiger partial charge in [0.25, 0.3) is 0 Å². The SMILES string of the molecule is COc1cc(CC2CCCCN2)c(Br)cc1OCC1CC1. The largest absolute Gasteiger partial charge is 0.493 e. The van der Waals surface area contributed by atoms with Gasteiger partial charge in [-0.15, -0.1) is 0 Å². The zero-order valence-corrected chi connectivity index (χ0v) is 14.2. The lowest BCUT2D eigenvalue weighted by Crippen LogP contribution is -2.35. The van der Waals surface area contributed by atoms with Crippen molar-refractivity contribution in [2.75, 3.05) is 20.3 Å². The summed E-state index contributed by atoms with van der Waals surface area (Å²) in [7, 11) is 1.72. The van der Waals surface area contributed by atoms with Crippen LogP contribution in [0.1, 0.15) is 37.7 Å². The molecule has 2 aliphatic rings. The van der Waals surface area contributed by atoms with Crippen LogP contribution >= 0.6 is 15.9 Å². The predicted octanol–water partition coefficient (Wildman–Crippen LogP) is 3.93. The van der Waals surface area contributed by atoms with Crippen molar-refractivity contribution in [3.05, 3.63) is 22.2 Å². The lowest BCUT2D eigenvalue weighted by Gasteiger charge is -2.24. The highest BCUT2D eigenvalue weighted by atomic mass is 79.9. The summed E-state index contributed by atoms with van der Waals surface area (Å²) in [6.45, 7) is 1.95. The average molecular weight is 354 g/mol. The van der Waals surface area contributed by atoms with Crippen LogP contribution in [-0.4, -0.2) is 26.3 Å². The van der Waals surface area contributed by atoms with Crippen LogP contribution in [0.3, 0.4) is 0 Å². The van der Waals surface area contributed by atoms with Gasteiger partial charge in [0.15, 0.2) is 11.5 Å². The third kappa shape index (κ3) is 4.13. The first-order valence-electron chi connectivity index (χ1n) is 7.99. The Hall–Kier alpha value is -0.740. The van der Waals surface area contributed by atoms with Crippen LogP contribution < -0.4 is 14.8 Å². The van der Waals surface area contributed by atoms with Crippen LogP contribution in [0, 0.1) is 5.92 Å². The van der Waals surface area contributed by atoms with Crippen LogP contribution in [0.25, 0.3) is 0 Å². The standard InChI is InChI=1S/C17H24BrNO2/c1-20-16-9-13(8-14-4-2-3-7-19-14)15(18)10-17(16)21-11-12-5-6-12/h9-10,12,14,19H,2-8,11H2,1H3. The maximum absolute atomic E-state index is 5.91. The molecule has 21 heavy (non-hydrogen) atoms. The normalized spacial score (nSPS) is 22.1. The molecule has 3 nitrogen and oxygen atoms in total. The highest BCUT2D eigenvalue weighted by Crippen LogP contribution is 2.36. The molecule has 0 spiro atoms. The summed E-state index contributed by atoms with van der Waals surface area (Å²) in [4.78, 5) is 0. The summed E-state index contributed by atoms with van der Waals surface area (Å²) in [6, 6.07) is 4.78. The Balaban J connectivity index is 1.70. The third-order valence-corrected chi connectivity index (χ3v) is 5.12. The fourth-order valence-electron chi connectivity index (χ4n) is 2.86. The van der Waals surface area contributed by atoms with Crippen LogP contribution in [0.4, 0.5) is 0 Å². The fraction of sp³-hybridized carbons (Fsp3) is 0.647. The van der Waals surface area contributed by atoms with E-state index < -0.39 is 0 Å². The van der Waals surface area contributed by atoms with E-state index in [9.17, 15) is 0 Å². The monoisotopic (exact) mass is 353 g/mol. The molecular weight excluding hydrogens is 330 g/mol. The molecule has 1 aromatic rings. The van der Waals surface area contributed by atoms with E-state index in [4.69, 9.17) is 9.47 Å². The van der Waals surface area contributed by atoms with Crippen molar-refractivity contribution in [1.29, 1.82) is 0 Å². The number of ether oxygens (including phenoxy) is 2. The molecule has 0 radical (unpaired) electrons. The molecular formula is C17H24BrNO2. The number of piperidine rings is 1. The third-order valence-electron chi connectivity index (χ3n) is 4.38. The fourth-order valence-corrected chi connectivity index (χ4v) is 3.35. The van der Waals surface area contributed by atoms with E-state index in [0.717, 1.165) is 41.5 Å². The second-order valence-electron chi connectivity index (χ2n) is 6.20. The quantitative estimate of drug-likeness (QED) is 0.840. The molecule has 2 fully saturated rings. The molecule has 116 valence electrons. The van der Waals surface area contributed by atoms with E-state index >= 15 is 0 Å². The number of hydrogen-bond acceptors (Lipinski definition) is 3. The Morgan fingerprint density at radius 1 is 1.19 bits per heavy atom. The maximum atomic E-state index is 5.91. The molecule has 1 N–H and O–H groups in total. The Kier molecular flexibility index (Phi) is 5.07. The molecule has 1 aliphatic heterocycles. The molecule has 1 heterocycles. The Morgan fingerprint density at radius 2 is 2.05 bits per heavy atom. The summed E-state index contributed by atoms with van der Waals surface area (Å²) >= 11 is 3.70. The van der Waals surface area contributed by atoms with E-state index in [1.807, 2.05) is 0 Å². The smallest absolute Gasteiger partial charge is 0.162 e. The van der Waals surface area contributed by atoms with Gasteiger partial charge in [-0.25, -0.2) is 0 Å². The first-order valence-corrected chi connectivity index (χ1v) is 8.78. The van der Waals surface area contributed by atoms with Crippen molar-refractivity contribution in [3.8, 4) is 11.5 Å². The van der Waals surface area contributed by atoms with E-state index in [1.54, 1.807) is 7.11 Å². The maximum Gasteiger partial charge on any atom is 0.162 e. The summed E-state index contributed by atoms with van der Waals surface area (Å²) in [5.74, 6) is 2.46. The van der Waals surface area contributed by atoms with Crippen molar-refractivity contribution in [2.45, 2.75) is 44.6 Å². The molecule has 1 aliphatic carbocycles. The Labute approximate surface area is 135 Å². The van der Waals surface area contributed by atoms with E-state index in [2.05, 4.69) is 33.4 Å². The van der Waals surface area contributed by atoms with Gasteiger partial charge in [-0.2, -0.15) is 0 Å². The van der Waals surface area contributed by atoms with Gasteiger partial charge in [-0.05, 0) is 62.3 Å². The summed E-state index contributed by atoms with van der Waals surface area (Å²) in [6.07, 6.45) is 7.53. The second-order valence-corrected chi connectivity index (χ2v) is 7.05. The number of nitrogens with one attached hydrogen (secondary N) is 1. The zero-order valence-electron chi connectivity index (χ0n) is 12.7. The molecule has 0 aromatic heterocycles. The highest BCUT2D eigenvalue weighted by Gasteiger charge is 2.23. The van der Waals surface area contributed by atoms with E-state index in [0.29, 0.717) is 6.04 Å². The van der Waals surface area contributed by atoms with Crippen molar-refractivity contribution in [2.24, 2.45) is 5.92 Å². The topological polar surface area (TPSA) is 30.5 Å². The number of benzene rings is 1. The Bertz CT molecular complexity index is 482. The van der Waals surface area contributed by atoms with Crippen molar-refractivity contribution < 1.29 is 9.47 Å². The lowest BCUT2D eigenvalue weighted by molar-refractivity contribution is 0.280. The van der Waals surface area contributed by atoms with Gasteiger partial charge < -0.3 is 14.8 Å². The summed E-state index contributed by atoms with van der Waals surface area (Å²) in [5, 5.41) is 3.60. The summed E-state index contributed by atoms with van der Waals surface area (Å²) in [5.41, 5.74) is 1.30. The van der Waals surface area contributed by atoms with E-state index in [1.165, 1.54) is 37.7 Å². The minimum Gasteiger partial charge on any atom is -0.493 e. The number of methoxy groups -OCH3 is 1. The number of rotatable bonds is 6. The predicted molar refractivity (Wildman–Crippen MR) is 88.3 cm³/mol. The minimum absolute atomic E-state index is 0.581. The molecule has 0 amide bonds. The number of hydrogen-bond donors (Lipinski definition) is 1. The minimum atomic E-state index is 0.581. The molecule has 1 unspecified atom stereocenters. The van der Waals surface area contributed by atoms with Crippen LogP contribution in [-0.2, 0) is 6.42 Å². The van der Waals surface area contributed by atoms with Crippen molar-refractivity contribution >= 4 is 15.9 Å². The Morgan fingerprint density at radius 3 is 2.71 bits per heavy atom. The van der Waals surface area contributed by atoms with Crippen LogP contribution in [0.15, 0.2) is 16.6 Å². The second kappa shape index (κ2) is 7.01. The molecule has 1 saturated heterocycles. The molecule has 4 heteroatoms. The summed E-state index contributed by atoms with van der Waals surface area (Å²) < 4.78 is 12.6. The van der Waals surface area contributed by atoms with Crippen LogP contribution in [0.2, 0.25) is 0 Å². The number of halogens is 1. The van der Waals surface area contributed by atoms with Gasteiger partial charge in [-0.1, -0.05) is 22.4 Å². The molecule has 1 atom stereocenters. The molecule has 1 saturated carbocycles. The van der Waals surface area contributed by atoms with Crippen molar-refractivity contribution in [1.82, 2.24) is 5.32 Å². The van der Waals surface area contributed by atoms with Gasteiger partial charge in [-0.3, -0.25) is 0 Å². The van der Waals surface area contributed by atoms with Gasteiger partial charge in [0.1, 0.15) is 0 Å².